The third-order valence-corrected chi connectivity index (χ3v) is 4.82. The summed E-state index contributed by atoms with van der Waals surface area (Å²) in [4.78, 5) is 6.79. The Morgan fingerprint density at radius 2 is 2.10 bits per heavy atom. The highest BCUT2D eigenvalue weighted by atomic mass is 127. The monoisotopic (exact) mass is 544 g/mol. The van der Waals surface area contributed by atoms with Crippen molar-refractivity contribution in [3.05, 3.63) is 29.8 Å². The summed E-state index contributed by atoms with van der Waals surface area (Å²) in [6.07, 6.45) is -3.02. The lowest BCUT2D eigenvalue weighted by atomic mass is 10.2. The van der Waals surface area contributed by atoms with Crippen molar-refractivity contribution >= 4 is 29.9 Å². The average molecular weight is 544 g/mol. The van der Waals surface area contributed by atoms with Gasteiger partial charge in [0.25, 0.3) is 0 Å². The molecule has 0 radical (unpaired) electrons. The number of nitrogens with zero attached hydrogens (tertiary/aromatic N) is 2. The molecule has 6 nitrogen and oxygen atoms in total. The van der Waals surface area contributed by atoms with E-state index < -0.39 is 17.8 Å². The molecule has 2 unspecified atom stereocenters. The maximum absolute atomic E-state index is 12.7. The van der Waals surface area contributed by atoms with Crippen LogP contribution in [0.25, 0.3) is 0 Å². The molecular formula is C20H32F3IN4O2. The zero-order valence-corrected chi connectivity index (χ0v) is 19.7. The molecule has 2 atom stereocenters. The molecule has 1 aromatic carbocycles. The minimum absolute atomic E-state index is 0. The van der Waals surface area contributed by atoms with Gasteiger partial charge in [0.2, 0.25) is 0 Å². The van der Waals surface area contributed by atoms with Crippen molar-refractivity contribution in [2.24, 2.45) is 4.99 Å². The molecule has 0 bridgehead atoms. The van der Waals surface area contributed by atoms with Crippen LogP contribution >= 0.6 is 24.0 Å². The molecule has 0 saturated carbocycles. The lowest BCUT2D eigenvalue weighted by Crippen LogP contribution is -2.45. The second kappa shape index (κ2) is 13.2. The van der Waals surface area contributed by atoms with Gasteiger partial charge in [0.15, 0.2) is 5.96 Å². The van der Waals surface area contributed by atoms with E-state index in [0.717, 1.165) is 38.2 Å². The quantitative estimate of drug-likeness (QED) is 0.254. The first-order chi connectivity index (χ1) is 13.8. The molecule has 0 aliphatic carbocycles. The number of ether oxygens (including phenoxy) is 1. The van der Waals surface area contributed by atoms with Gasteiger partial charge in [-0.15, -0.1) is 24.0 Å². The smallest absolute Gasteiger partial charge is 0.416 e. The van der Waals surface area contributed by atoms with Gasteiger partial charge in [0.05, 0.1) is 12.1 Å². The Morgan fingerprint density at radius 3 is 2.77 bits per heavy atom. The van der Waals surface area contributed by atoms with Crippen LogP contribution in [0.3, 0.4) is 0 Å². The summed E-state index contributed by atoms with van der Waals surface area (Å²) in [7, 11) is 0. The van der Waals surface area contributed by atoms with Crippen molar-refractivity contribution in [1.29, 1.82) is 0 Å². The van der Waals surface area contributed by atoms with E-state index in [0.29, 0.717) is 18.5 Å². The number of guanidine groups is 1. The maximum atomic E-state index is 12.7. The van der Waals surface area contributed by atoms with Crippen LogP contribution in [-0.4, -0.2) is 67.4 Å². The molecule has 2 rings (SSSR count). The molecule has 1 saturated heterocycles. The van der Waals surface area contributed by atoms with Crippen LogP contribution in [0, 0.1) is 0 Å². The number of benzene rings is 1. The van der Waals surface area contributed by atoms with Gasteiger partial charge in [-0.1, -0.05) is 13.0 Å². The van der Waals surface area contributed by atoms with Gasteiger partial charge in [0.1, 0.15) is 18.5 Å². The largest absolute Gasteiger partial charge is 0.491 e. The third-order valence-electron chi connectivity index (χ3n) is 4.82. The van der Waals surface area contributed by atoms with E-state index in [4.69, 9.17) is 4.74 Å². The molecule has 3 N–H and O–H groups in total. The number of likely N-dealkylation sites (N-methyl/N-ethyl adjacent to an activating group) is 1. The Labute approximate surface area is 193 Å². The summed E-state index contributed by atoms with van der Waals surface area (Å²) >= 11 is 0. The normalized spacial score (nSPS) is 18.6. The van der Waals surface area contributed by atoms with Gasteiger partial charge in [-0.05, 0) is 51.1 Å². The zero-order valence-electron chi connectivity index (χ0n) is 17.4. The van der Waals surface area contributed by atoms with E-state index in [9.17, 15) is 18.3 Å². The second-order valence-electron chi connectivity index (χ2n) is 7.02. The second-order valence-corrected chi connectivity index (χ2v) is 7.02. The first kappa shape index (κ1) is 26.8. The van der Waals surface area contributed by atoms with Crippen LogP contribution < -0.4 is 15.4 Å². The molecule has 0 spiro atoms. The van der Waals surface area contributed by atoms with Crippen molar-refractivity contribution < 1.29 is 23.0 Å². The highest BCUT2D eigenvalue weighted by Gasteiger charge is 2.30. The Balaban J connectivity index is 0.00000450. The summed E-state index contributed by atoms with van der Waals surface area (Å²) in [6, 6.07) is 5.07. The number of likely N-dealkylation sites (tertiary alicyclic amines) is 1. The van der Waals surface area contributed by atoms with Crippen LogP contribution in [-0.2, 0) is 6.18 Å². The Kier molecular flexibility index (Phi) is 11.8. The minimum atomic E-state index is -4.43. The molecule has 0 aromatic heterocycles. The molecular weight excluding hydrogens is 512 g/mol. The predicted molar refractivity (Wildman–Crippen MR) is 123 cm³/mol. The summed E-state index contributed by atoms with van der Waals surface area (Å²) in [5, 5.41) is 16.5. The summed E-state index contributed by atoms with van der Waals surface area (Å²) in [5.74, 6) is 0.669. The number of rotatable bonds is 9. The SMILES string of the molecule is CCNC(=NCC(O)COc1cccc(C(F)(F)F)c1)NCC1CCCN1CC.I. The predicted octanol–water partition coefficient (Wildman–Crippen LogP) is 3.10. The van der Waals surface area contributed by atoms with Crippen molar-refractivity contribution in [3.63, 3.8) is 0 Å². The number of aliphatic imine (C=N–C) groups is 1. The molecule has 1 heterocycles. The lowest BCUT2D eigenvalue weighted by Gasteiger charge is -2.24. The van der Waals surface area contributed by atoms with E-state index in [1.165, 1.54) is 18.6 Å². The van der Waals surface area contributed by atoms with Crippen molar-refractivity contribution in [2.45, 2.75) is 45.0 Å². The van der Waals surface area contributed by atoms with Gasteiger partial charge in [0, 0.05) is 19.1 Å². The molecule has 1 aliphatic rings. The topological polar surface area (TPSA) is 69.1 Å². The number of nitrogens with one attached hydrogen (secondary N) is 2. The highest BCUT2D eigenvalue weighted by Crippen LogP contribution is 2.31. The van der Waals surface area contributed by atoms with Crippen molar-refractivity contribution in [2.75, 3.05) is 39.3 Å². The average Bonchev–Trinajstić information content (AvgIpc) is 3.15. The van der Waals surface area contributed by atoms with E-state index >= 15 is 0 Å². The van der Waals surface area contributed by atoms with E-state index in [2.05, 4.69) is 27.4 Å². The van der Waals surface area contributed by atoms with Crippen LogP contribution in [0.4, 0.5) is 13.2 Å². The van der Waals surface area contributed by atoms with Gasteiger partial charge in [-0.25, -0.2) is 0 Å². The van der Waals surface area contributed by atoms with Crippen LogP contribution in [0.2, 0.25) is 0 Å². The molecule has 172 valence electrons. The van der Waals surface area contributed by atoms with E-state index in [-0.39, 0.29) is 42.9 Å². The first-order valence-corrected chi connectivity index (χ1v) is 10.1. The number of halogens is 4. The fourth-order valence-electron chi connectivity index (χ4n) is 3.30. The molecule has 10 heteroatoms. The minimum Gasteiger partial charge on any atom is -0.491 e. The maximum Gasteiger partial charge on any atom is 0.416 e. The van der Waals surface area contributed by atoms with Crippen molar-refractivity contribution in [3.8, 4) is 5.75 Å². The Hall–Kier alpha value is -1.27. The number of hydrogen-bond donors (Lipinski definition) is 3. The highest BCUT2D eigenvalue weighted by molar-refractivity contribution is 14.0. The van der Waals surface area contributed by atoms with Crippen LogP contribution in [0.1, 0.15) is 32.3 Å². The number of hydrogen-bond acceptors (Lipinski definition) is 4. The van der Waals surface area contributed by atoms with Crippen LogP contribution in [0.5, 0.6) is 5.75 Å². The van der Waals surface area contributed by atoms with Gasteiger partial charge < -0.3 is 20.5 Å². The van der Waals surface area contributed by atoms with Crippen molar-refractivity contribution in [1.82, 2.24) is 15.5 Å². The molecule has 30 heavy (non-hydrogen) atoms. The van der Waals surface area contributed by atoms with E-state index in [1.807, 2.05) is 6.92 Å². The number of alkyl halides is 3. The standard InChI is InChI=1S/C20H31F3N4O2.HI/c1-3-24-19(25-12-16-8-6-10-27(16)4-2)26-13-17(28)14-29-18-9-5-7-15(11-18)20(21,22)23;/h5,7,9,11,16-17,28H,3-4,6,8,10,12-14H2,1-2H3,(H2,24,25,26);1H. The van der Waals surface area contributed by atoms with Gasteiger partial charge in [-0.3, -0.25) is 9.89 Å². The Bertz CT molecular complexity index is 661. The first-order valence-electron chi connectivity index (χ1n) is 10.1. The van der Waals surface area contributed by atoms with Crippen LogP contribution in [0.15, 0.2) is 29.3 Å². The molecule has 1 fully saturated rings. The Morgan fingerprint density at radius 1 is 1.33 bits per heavy atom. The fourth-order valence-corrected chi connectivity index (χ4v) is 3.30. The van der Waals surface area contributed by atoms with Gasteiger partial charge >= 0.3 is 6.18 Å². The molecule has 0 amide bonds. The summed E-state index contributed by atoms with van der Waals surface area (Å²) in [6.45, 7) is 7.64. The summed E-state index contributed by atoms with van der Waals surface area (Å²) < 4.78 is 43.5. The third kappa shape index (κ3) is 8.84. The number of aliphatic hydroxyl groups excluding tert-OH is 1. The summed E-state index contributed by atoms with van der Waals surface area (Å²) in [5.41, 5.74) is -0.783. The van der Waals surface area contributed by atoms with Gasteiger partial charge in [-0.2, -0.15) is 13.2 Å². The zero-order chi connectivity index (χ0) is 21.3. The van der Waals surface area contributed by atoms with E-state index in [1.54, 1.807) is 0 Å². The fraction of sp³-hybridized carbons (Fsp3) is 0.650. The number of aliphatic hydroxyl groups is 1. The molecule has 1 aliphatic heterocycles. The lowest BCUT2D eigenvalue weighted by molar-refractivity contribution is -0.137. The molecule has 1 aromatic rings.